The Morgan fingerprint density at radius 2 is 1.86 bits per heavy atom. The lowest BCUT2D eigenvalue weighted by molar-refractivity contribution is -0.128. The van der Waals surface area contributed by atoms with E-state index in [-0.39, 0.29) is 5.91 Å². The lowest BCUT2D eigenvalue weighted by Crippen LogP contribution is -2.39. The summed E-state index contributed by atoms with van der Waals surface area (Å²) in [5.41, 5.74) is 2.35. The van der Waals surface area contributed by atoms with Crippen molar-refractivity contribution in [1.82, 2.24) is 15.5 Å². The van der Waals surface area contributed by atoms with Crippen LogP contribution in [0.1, 0.15) is 43.7 Å². The van der Waals surface area contributed by atoms with Crippen molar-refractivity contribution in [1.29, 1.82) is 0 Å². The second-order valence-corrected chi connectivity index (χ2v) is 7.12. The Bertz CT molecular complexity index is 636. The summed E-state index contributed by atoms with van der Waals surface area (Å²) < 4.78 is 11.0. The van der Waals surface area contributed by atoms with Gasteiger partial charge in [0.2, 0.25) is 5.91 Å². The van der Waals surface area contributed by atoms with Crippen molar-refractivity contribution < 1.29 is 14.3 Å². The third kappa shape index (κ3) is 8.83. The number of guanidine groups is 1. The Morgan fingerprint density at radius 1 is 1.10 bits per heavy atom. The van der Waals surface area contributed by atoms with E-state index in [1.54, 1.807) is 7.05 Å². The number of unbranched alkanes of at least 4 members (excludes halogenated alkanes) is 1. The zero-order valence-electron chi connectivity index (χ0n) is 17.9. The third-order valence-corrected chi connectivity index (χ3v) is 4.87. The van der Waals surface area contributed by atoms with E-state index in [1.165, 1.54) is 11.1 Å². The van der Waals surface area contributed by atoms with Crippen molar-refractivity contribution in [2.24, 2.45) is 4.99 Å². The van der Waals surface area contributed by atoms with Crippen LogP contribution < -0.4 is 10.6 Å². The molecule has 0 radical (unpaired) electrons. The summed E-state index contributed by atoms with van der Waals surface area (Å²) in [7, 11) is 1.76. The van der Waals surface area contributed by atoms with Gasteiger partial charge in [-0.3, -0.25) is 9.79 Å². The predicted molar refractivity (Wildman–Crippen MR) is 116 cm³/mol. The molecule has 2 rings (SSSR count). The van der Waals surface area contributed by atoms with Crippen LogP contribution in [0.15, 0.2) is 29.3 Å². The molecule has 7 heteroatoms. The maximum Gasteiger partial charge on any atom is 0.222 e. The second-order valence-electron chi connectivity index (χ2n) is 7.12. The molecule has 1 amide bonds. The molecule has 0 saturated carbocycles. The molecule has 1 saturated heterocycles. The number of carbonyl (C=O) groups is 1. The van der Waals surface area contributed by atoms with E-state index in [4.69, 9.17) is 9.47 Å². The fourth-order valence-electron chi connectivity index (χ4n) is 3.17. The summed E-state index contributed by atoms with van der Waals surface area (Å²) in [5.74, 6) is 0.987. The first-order valence-electron chi connectivity index (χ1n) is 10.7. The molecule has 2 N–H and O–H groups in total. The minimum Gasteiger partial charge on any atom is -0.379 e. The lowest BCUT2D eigenvalue weighted by atomic mass is 10.1. The van der Waals surface area contributed by atoms with E-state index in [2.05, 4.69) is 34.7 Å². The van der Waals surface area contributed by atoms with Crippen LogP contribution in [0.5, 0.6) is 0 Å². The van der Waals surface area contributed by atoms with Crippen LogP contribution in [0.2, 0.25) is 0 Å². The molecule has 1 aliphatic rings. The highest BCUT2D eigenvalue weighted by Gasteiger charge is 2.20. The number of rotatable bonds is 13. The van der Waals surface area contributed by atoms with Crippen molar-refractivity contribution >= 4 is 11.9 Å². The molecule has 1 aliphatic heterocycles. The molecule has 0 unspecified atom stereocenters. The molecule has 0 aromatic heterocycles. The van der Waals surface area contributed by atoms with Crippen molar-refractivity contribution in [3.8, 4) is 0 Å². The smallest absolute Gasteiger partial charge is 0.222 e. The number of amides is 1. The molecule has 162 valence electrons. The normalized spacial score (nSPS) is 14.5. The number of benzene rings is 1. The number of likely N-dealkylation sites (tertiary alicyclic amines) is 1. The van der Waals surface area contributed by atoms with Gasteiger partial charge in [0.1, 0.15) is 0 Å². The van der Waals surface area contributed by atoms with Gasteiger partial charge in [0.15, 0.2) is 5.96 Å². The summed E-state index contributed by atoms with van der Waals surface area (Å²) in [5, 5.41) is 6.60. The number of aliphatic imine (C=N–C) groups is 1. The highest BCUT2D eigenvalue weighted by atomic mass is 16.5. The van der Waals surface area contributed by atoms with Gasteiger partial charge in [-0.15, -0.1) is 0 Å². The average molecular weight is 405 g/mol. The Hall–Kier alpha value is -2.12. The fraction of sp³-hybridized carbons (Fsp3) is 0.636. The van der Waals surface area contributed by atoms with Gasteiger partial charge in [-0.05, 0) is 24.0 Å². The molecule has 29 heavy (non-hydrogen) atoms. The van der Waals surface area contributed by atoms with Gasteiger partial charge in [-0.25, -0.2) is 0 Å². The second kappa shape index (κ2) is 14.0. The number of carbonyl (C=O) groups excluding carboxylic acids is 1. The first-order valence-corrected chi connectivity index (χ1v) is 10.7. The average Bonchev–Trinajstić information content (AvgIpc) is 3.14. The van der Waals surface area contributed by atoms with E-state index in [1.807, 2.05) is 17.0 Å². The summed E-state index contributed by atoms with van der Waals surface area (Å²) in [4.78, 5) is 18.1. The quantitative estimate of drug-likeness (QED) is 0.300. The van der Waals surface area contributed by atoms with E-state index in [0.717, 1.165) is 38.4 Å². The van der Waals surface area contributed by atoms with Gasteiger partial charge in [-0.1, -0.05) is 37.6 Å². The van der Waals surface area contributed by atoms with E-state index < -0.39 is 0 Å². The Balaban J connectivity index is 1.67. The number of ether oxygens (including phenoxy) is 2. The molecule has 1 heterocycles. The Morgan fingerprint density at radius 3 is 2.55 bits per heavy atom. The molecule has 1 aromatic rings. The van der Waals surface area contributed by atoms with Gasteiger partial charge < -0.3 is 25.0 Å². The largest absolute Gasteiger partial charge is 0.379 e. The first kappa shape index (κ1) is 23.2. The number of hydrogen-bond donors (Lipinski definition) is 2. The van der Waals surface area contributed by atoms with Crippen molar-refractivity contribution in [3.63, 3.8) is 0 Å². The molecule has 1 aromatic carbocycles. The van der Waals surface area contributed by atoms with Crippen LogP contribution in [0.3, 0.4) is 0 Å². The third-order valence-electron chi connectivity index (χ3n) is 4.87. The van der Waals surface area contributed by atoms with Gasteiger partial charge >= 0.3 is 0 Å². The van der Waals surface area contributed by atoms with Crippen LogP contribution in [-0.2, 0) is 27.4 Å². The molecule has 7 nitrogen and oxygen atoms in total. The molecular weight excluding hydrogens is 368 g/mol. The summed E-state index contributed by atoms with van der Waals surface area (Å²) in [6.07, 6.45) is 3.88. The predicted octanol–water partition coefficient (Wildman–Crippen LogP) is 2.31. The minimum absolute atomic E-state index is 0.251. The van der Waals surface area contributed by atoms with Crippen LogP contribution in [-0.4, -0.2) is 63.3 Å². The van der Waals surface area contributed by atoms with E-state index >= 15 is 0 Å². The molecule has 1 fully saturated rings. The van der Waals surface area contributed by atoms with Crippen molar-refractivity contribution in [2.75, 3.05) is 46.6 Å². The van der Waals surface area contributed by atoms with Crippen LogP contribution in [0.25, 0.3) is 0 Å². The monoisotopic (exact) mass is 404 g/mol. The maximum absolute atomic E-state index is 11.9. The minimum atomic E-state index is 0.251. The maximum atomic E-state index is 11.9. The zero-order valence-corrected chi connectivity index (χ0v) is 17.9. The SMILES string of the molecule is CCCCOCCOCCNC(=NC)NCc1ccccc1CN1CCCC1=O. The highest BCUT2D eigenvalue weighted by Crippen LogP contribution is 2.17. The van der Waals surface area contributed by atoms with Crippen LogP contribution in [0, 0.1) is 0 Å². The molecule has 0 spiro atoms. The van der Waals surface area contributed by atoms with E-state index in [9.17, 15) is 4.79 Å². The molecule has 0 bridgehead atoms. The van der Waals surface area contributed by atoms with Gasteiger partial charge in [0, 0.05) is 46.3 Å². The standard InChI is InChI=1S/C22H36N4O3/c1-3-4-13-28-15-16-29-14-11-24-22(23-2)25-17-19-8-5-6-9-20(19)18-26-12-7-10-21(26)27/h5-6,8-9H,3-4,7,10-18H2,1-2H3,(H2,23,24,25). The number of nitrogens with one attached hydrogen (secondary N) is 2. The first-order chi connectivity index (χ1) is 14.2. The summed E-state index contributed by atoms with van der Waals surface area (Å²) >= 11 is 0. The molecular formula is C22H36N4O3. The van der Waals surface area contributed by atoms with Gasteiger partial charge in [0.25, 0.3) is 0 Å². The van der Waals surface area contributed by atoms with Crippen LogP contribution >= 0.6 is 0 Å². The Kier molecular flexibility index (Phi) is 11.1. The summed E-state index contributed by atoms with van der Waals surface area (Å²) in [6.45, 7) is 7.68. The van der Waals surface area contributed by atoms with Gasteiger partial charge in [0.05, 0.1) is 19.8 Å². The van der Waals surface area contributed by atoms with Crippen molar-refractivity contribution in [2.45, 2.75) is 45.7 Å². The topological polar surface area (TPSA) is 75.2 Å². The van der Waals surface area contributed by atoms with E-state index in [0.29, 0.717) is 45.9 Å². The molecule has 0 aliphatic carbocycles. The number of hydrogen-bond acceptors (Lipinski definition) is 4. The Labute approximate surface area is 174 Å². The zero-order chi connectivity index (χ0) is 20.7. The molecule has 0 atom stereocenters. The van der Waals surface area contributed by atoms with Gasteiger partial charge in [-0.2, -0.15) is 0 Å². The fourth-order valence-corrected chi connectivity index (χ4v) is 3.17. The van der Waals surface area contributed by atoms with Crippen molar-refractivity contribution in [3.05, 3.63) is 35.4 Å². The highest BCUT2D eigenvalue weighted by molar-refractivity contribution is 5.79. The lowest BCUT2D eigenvalue weighted by Gasteiger charge is -2.19. The van der Waals surface area contributed by atoms with Crippen LogP contribution in [0.4, 0.5) is 0 Å². The number of nitrogens with zero attached hydrogens (tertiary/aromatic N) is 2. The summed E-state index contributed by atoms with van der Waals surface area (Å²) in [6, 6.07) is 8.24.